The van der Waals surface area contributed by atoms with Gasteiger partial charge in [-0.15, -0.1) is 0 Å². The van der Waals surface area contributed by atoms with Crippen molar-refractivity contribution < 1.29 is 90.5 Å². The summed E-state index contributed by atoms with van der Waals surface area (Å²) in [4.78, 5) is 108. The molecule has 0 aliphatic carbocycles. The smallest absolute Gasteiger partial charge is 0.308 e. The summed E-state index contributed by atoms with van der Waals surface area (Å²) < 4.78 is 67.7. The summed E-state index contributed by atoms with van der Waals surface area (Å²) in [6.07, 6.45) is 20.1. The van der Waals surface area contributed by atoms with E-state index in [4.69, 9.17) is 52.1 Å². The average Bonchev–Trinajstić information content (AvgIpc) is 1.72. The Bertz CT molecular complexity index is 1950. The second-order valence-corrected chi connectivity index (χ2v) is 25.4. The van der Waals surface area contributed by atoms with Crippen molar-refractivity contribution in [1.29, 1.82) is 0 Å². The molecule has 0 aromatic carbocycles. The van der Waals surface area contributed by atoms with E-state index in [1.807, 2.05) is 0 Å². The van der Waals surface area contributed by atoms with Crippen molar-refractivity contribution in [2.45, 2.75) is 343 Å². The number of ether oxygens (including phenoxy) is 11. The third kappa shape index (κ3) is 32.8. The zero-order chi connectivity index (χ0) is 64.6. The molecule has 2 fully saturated rings. The van der Waals surface area contributed by atoms with E-state index in [2.05, 4.69) is 13.8 Å². The predicted molar refractivity (Wildman–Crippen MR) is 329 cm³/mol. The van der Waals surface area contributed by atoms with E-state index in [1.165, 1.54) is 116 Å². The largest absolute Gasteiger partial charge is 0.463 e. The Morgan fingerprint density at radius 1 is 0.368 bits per heavy atom. The van der Waals surface area contributed by atoms with Crippen LogP contribution in [0.1, 0.15) is 289 Å². The van der Waals surface area contributed by atoms with Crippen molar-refractivity contribution in [3.8, 4) is 0 Å². The molecule has 0 unspecified atom stereocenters. The Labute approximate surface area is 523 Å². The lowest BCUT2D eigenvalue weighted by Crippen LogP contribution is -2.66. The molecule has 0 amide bonds. The first-order valence-electron chi connectivity index (χ1n) is 34.0. The lowest BCUT2D eigenvalue weighted by molar-refractivity contribution is -0.385. The minimum absolute atomic E-state index is 0.0267. The molecule has 2 heterocycles. The van der Waals surface area contributed by atoms with Gasteiger partial charge in [0.2, 0.25) is 12.1 Å². The molecule has 2 saturated heterocycles. The van der Waals surface area contributed by atoms with Crippen molar-refractivity contribution in [2.24, 2.45) is 23.7 Å². The van der Waals surface area contributed by atoms with Crippen molar-refractivity contribution in [2.75, 3.05) is 19.8 Å². The molecular formula is C68H118O19. The van der Waals surface area contributed by atoms with Crippen LogP contribution in [0.5, 0.6) is 0 Å². The number of unbranched alkanes of at least 4 members (excludes halogenated alkanes) is 28. The Morgan fingerprint density at radius 3 is 1.07 bits per heavy atom. The van der Waals surface area contributed by atoms with E-state index >= 15 is 0 Å². The highest BCUT2D eigenvalue weighted by molar-refractivity contribution is 5.74. The fourth-order valence-electron chi connectivity index (χ4n) is 10.5. The standard InChI is InChI=1S/C68H118O19/c1-13-15-17-19-21-23-25-27-29-31-33-35-37-39-41-43-56(71)81-58-54(45-77-52(11)69)80-67(61(85-66(76)51(9)10)60(58)84-65(75)50(7)8)87-68(47-79-63(73)48(3)4)62(59(83-64(74)49(5)6)55(86-68)46-78-53(12)70)82-57(72)44-42-40-38-36-34-32-30-28-26-24-22-20-18-16-14-2/h48-51,54-55,58-62,67H,13-47H2,1-12H3/t54-,55-,58-,59-,60+,61-,62+,67-,68+/m1/s1. The van der Waals surface area contributed by atoms with E-state index in [0.717, 1.165) is 71.6 Å². The molecule has 9 atom stereocenters. The first-order valence-corrected chi connectivity index (χ1v) is 34.0. The van der Waals surface area contributed by atoms with E-state index in [0.29, 0.717) is 19.3 Å². The van der Waals surface area contributed by atoms with Gasteiger partial charge in [-0.2, -0.15) is 0 Å². The van der Waals surface area contributed by atoms with Crippen LogP contribution in [0.15, 0.2) is 0 Å². The molecule has 2 aliphatic rings. The van der Waals surface area contributed by atoms with Crippen LogP contribution in [-0.4, -0.2) is 122 Å². The Balaban J connectivity index is 2.57. The Morgan fingerprint density at radius 2 is 0.701 bits per heavy atom. The van der Waals surface area contributed by atoms with Crippen LogP contribution in [0.2, 0.25) is 0 Å². The van der Waals surface area contributed by atoms with Gasteiger partial charge in [-0.3, -0.25) is 38.4 Å². The molecule has 19 nitrogen and oxygen atoms in total. The minimum atomic E-state index is -2.55. The molecule has 0 N–H and O–H groups in total. The minimum Gasteiger partial charge on any atom is -0.463 e. The van der Waals surface area contributed by atoms with Gasteiger partial charge >= 0.3 is 47.8 Å². The zero-order valence-corrected chi connectivity index (χ0v) is 55.9. The van der Waals surface area contributed by atoms with Gasteiger partial charge in [0.1, 0.15) is 32.0 Å². The molecule has 0 aromatic rings. The van der Waals surface area contributed by atoms with Crippen LogP contribution in [-0.2, 0) is 90.5 Å². The zero-order valence-electron chi connectivity index (χ0n) is 55.9. The van der Waals surface area contributed by atoms with Crippen LogP contribution >= 0.6 is 0 Å². The SMILES string of the molecule is CCCCCCCCCCCCCCCCCC(=O)O[C@H]1[C@H](OC(=O)C(C)C)[C@@H](OC(=O)C(C)C)[C@@H](O[C@]2(COC(=O)C(C)C)O[C@H](COC(C)=O)[C@@H](OC(=O)C(C)C)[C@@H]2OC(=O)CCCCCCCCCCCCCCCCC)O[C@@H]1COC(C)=O. The maximum Gasteiger partial charge on any atom is 0.308 e. The fourth-order valence-corrected chi connectivity index (χ4v) is 10.5. The summed E-state index contributed by atoms with van der Waals surface area (Å²) in [6, 6.07) is 0. The molecule has 0 spiro atoms. The highest BCUT2D eigenvalue weighted by atomic mass is 16.8. The van der Waals surface area contributed by atoms with Gasteiger partial charge in [0.25, 0.3) is 0 Å². The molecule has 0 bridgehead atoms. The van der Waals surface area contributed by atoms with Gasteiger partial charge < -0.3 is 52.1 Å². The summed E-state index contributed by atoms with van der Waals surface area (Å²) in [7, 11) is 0. The van der Waals surface area contributed by atoms with E-state index in [-0.39, 0.29) is 12.8 Å². The second kappa shape index (κ2) is 45.8. The predicted octanol–water partition coefficient (Wildman–Crippen LogP) is 14.2. The summed E-state index contributed by atoms with van der Waals surface area (Å²) in [5, 5.41) is 0. The Hall–Kier alpha value is -4.36. The lowest BCUT2D eigenvalue weighted by Gasteiger charge is -2.47. The molecule has 0 radical (unpaired) electrons. The maximum atomic E-state index is 14.3. The molecule has 0 aromatic heterocycles. The van der Waals surface area contributed by atoms with E-state index in [1.54, 1.807) is 55.4 Å². The van der Waals surface area contributed by atoms with Crippen LogP contribution in [0.3, 0.4) is 0 Å². The van der Waals surface area contributed by atoms with Crippen LogP contribution in [0.4, 0.5) is 0 Å². The number of hydrogen-bond donors (Lipinski definition) is 0. The quantitative estimate of drug-likeness (QED) is 0.0312. The second-order valence-electron chi connectivity index (χ2n) is 25.4. The molecule has 2 rings (SSSR count). The average molecular weight is 1240 g/mol. The molecule has 0 saturated carbocycles. The summed E-state index contributed by atoms with van der Waals surface area (Å²) in [5.41, 5.74) is 0. The van der Waals surface area contributed by atoms with Crippen molar-refractivity contribution >= 4 is 47.8 Å². The number of rotatable bonds is 49. The molecule has 19 heteroatoms. The van der Waals surface area contributed by atoms with Gasteiger partial charge in [-0.25, -0.2) is 0 Å². The van der Waals surface area contributed by atoms with Crippen LogP contribution < -0.4 is 0 Å². The maximum absolute atomic E-state index is 14.3. The third-order valence-corrected chi connectivity index (χ3v) is 15.8. The normalized spacial score (nSPS) is 21.9. The van der Waals surface area contributed by atoms with Crippen molar-refractivity contribution in [3.05, 3.63) is 0 Å². The van der Waals surface area contributed by atoms with Gasteiger partial charge in [-0.05, 0) is 12.8 Å². The molecule has 504 valence electrons. The fraction of sp³-hybridized carbons (Fsp3) is 0.882. The number of esters is 8. The van der Waals surface area contributed by atoms with Crippen LogP contribution in [0, 0.1) is 23.7 Å². The first kappa shape index (κ1) is 78.7. The van der Waals surface area contributed by atoms with Crippen LogP contribution in [0.25, 0.3) is 0 Å². The first-order chi connectivity index (χ1) is 41.6. The topological polar surface area (TPSA) is 238 Å². The number of carbonyl (C=O) groups excluding carboxylic acids is 8. The van der Waals surface area contributed by atoms with Gasteiger partial charge in [-0.1, -0.05) is 249 Å². The summed E-state index contributed by atoms with van der Waals surface area (Å²) >= 11 is 0. The van der Waals surface area contributed by atoms with E-state index < -0.39 is 146 Å². The van der Waals surface area contributed by atoms with Crippen molar-refractivity contribution in [1.82, 2.24) is 0 Å². The monoisotopic (exact) mass is 1240 g/mol. The summed E-state index contributed by atoms with van der Waals surface area (Å²) in [5.74, 6) is -11.7. The lowest BCUT2D eigenvalue weighted by atomic mass is 9.97. The molecule has 2 aliphatic heterocycles. The third-order valence-electron chi connectivity index (χ3n) is 15.8. The van der Waals surface area contributed by atoms with E-state index in [9.17, 15) is 38.4 Å². The highest BCUT2D eigenvalue weighted by Crippen LogP contribution is 2.42. The van der Waals surface area contributed by atoms with Gasteiger partial charge in [0, 0.05) is 26.7 Å². The van der Waals surface area contributed by atoms with Gasteiger partial charge in [0.15, 0.2) is 30.5 Å². The number of carbonyl (C=O) groups is 8. The molecule has 87 heavy (non-hydrogen) atoms. The Kier molecular flexibility index (Phi) is 41.5. The molecular weight excluding hydrogens is 1120 g/mol. The summed E-state index contributed by atoms with van der Waals surface area (Å²) in [6.45, 7) is 17.3. The van der Waals surface area contributed by atoms with Crippen molar-refractivity contribution in [3.63, 3.8) is 0 Å². The highest BCUT2D eigenvalue weighted by Gasteiger charge is 2.65. The number of hydrogen-bond acceptors (Lipinski definition) is 19. The van der Waals surface area contributed by atoms with Gasteiger partial charge in [0.05, 0.1) is 23.7 Å².